The van der Waals surface area contributed by atoms with Crippen LogP contribution in [0.5, 0.6) is 0 Å². The number of rotatable bonds is 12. The zero-order valence-electron chi connectivity index (χ0n) is 19.5. The van der Waals surface area contributed by atoms with E-state index in [2.05, 4.69) is 63.9 Å². The molecule has 1 aromatic carbocycles. The molecule has 33 heavy (non-hydrogen) atoms. The largest absolute Gasteiger partial charge is 0.481 e. The van der Waals surface area contributed by atoms with E-state index in [1.54, 1.807) is 6.07 Å². The summed E-state index contributed by atoms with van der Waals surface area (Å²) in [5, 5.41) is 26.8. The first-order valence-electron chi connectivity index (χ1n) is 11.8. The van der Waals surface area contributed by atoms with Crippen molar-refractivity contribution in [2.45, 2.75) is 70.9 Å². The molecule has 4 rings (SSSR count). The van der Waals surface area contributed by atoms with Crippen LogP contribution in [0.15, 0.2) is 35.5 Å². The Morgan fingerprint density at radius 1 is 1.39 bits per heavy atom. The molecule has 3 fully saturated rings. The van der Waals surface area contributed by atoms with E-state index in [0.717, 1.165) is 34.3 Å². The fourth-order valence-electron chi connectivity index (χ4n) is 5.69. The molecule has 3 saturated carbocycles. The first kappa shape index (κ1) is 26.0. The van der Waals surface area contributed by atoms with E-state index in [9.17, 15) is 9.90 Å². The van der Waals surface area contributed by atoms with Crippen molar-refractivity contribution in [1.82, 2.24) is 5.32 Å². The summed E-state index contributed by atoms with van der Waals surface area (Å²) in [7, 11) is 0. The van der Waals surface area contributed by atoms with E-state index in [4.69, 9.17) is 10.6 Å². The number of fused-ring (bicyclic) bond motifs is 2. The highest BCUT2D eigenvalue weighted by Crippen LogP contribution is 2.62. The maximum Gasteiger partial charge on any atom is 0.303 e. The van der Waals surface area contributed by atoms with Crippen molar-refractivity contribution in [2.75, 3.05) is 6.54 Å². The minimum atomic E-state index is -0.734. The predicted molar refractivity (Wildman–Crippen MR) is 138 cm³/mol. The smallest absolute Gasteiger partial charge is 0.303 e. The van der Waals surface area contributed by atoms with Gasteiger partial charge >= 0.3 is 5.97 Å². The third kappa shape index (κ3) is 6.72. The number of hydrogen-bond donors (Lipinski definition) is 3. The second-order valence-corrected chi connectivity index (χ2v) is 11.3. The summed E-state index contributed by atoms with van der Waals surface area (Å²) >= 11 is 2.15. The van der Waals surface area contributed by atoms with Gasteiger partial charge in [-0.15, -0.1) is 0 Å². The number of azide groups is 1. The Kier molecular flexibility index (Phi) is 9.21. The quantitative estimate of drug-likeness (QED) is 0.0721. The van der Waals surface area contributed by atoms with Gasteiger partial charge in [-0.1, -0.05) is 43.2 Å². The van der Waals surface area contributed by atoms with Crippen molar-refractivity contribution in [3.8, 4) is 0 Å². The SMILES string of the molecule is CC1(C)C2CC(NCC(O)Cc3ccc(N=[N+]=[N-])c(I)c3)C(C/C=C/CCCC(=O)O)C1C2. The number of allylic oxidation sites excluding steroid dienone is 2. The van der Waals surface area contributed by atoms with Crippen LogP contribution >= 0.6 is 22.6 Å². The Hall–Kier alpha value is -1.61. The number of nitrogens with zero attached hydrogens (tertiary/aromatic N) is 3. The molecule has 0 amide bonds. The lowest BCUT2D eigenvalue weighted by atomic mass is 9.44. The summed E-state index contributed by atoms with van der Waals surface area (Å²) in [6, 6.07) is 6.06. The minimum Gasteiger partial charge on any atom is -0.481 e. The van der Waals surface area contributed by atoms with Gasteiger partial charge in [0, 0.05) is 27.5 Å². The summed E-state index contributed by atoms with van der Waals surface area (Å²) in [5.41, 5.74) is 10.6. The molecule has 0 heterocycles. The Morgan fingerprint density at radius 2 is 2.18 bits per heavy atom. The summed E-state index contributed by atoms with van der Waals surface area (Å²) in [4.78, 5) is 13.5. The van der Waals surface area contributed by atoms with Gasteiger partial charge in [-0.2, -0.15) is 0 Å². The van der Waals surface area contributed by atoms with Crippen LogP contribution < -0.4 is 5.32 Å². The Bertz CT molecular complexity index is 913. The number of carboxylic acids is 1. The van der Waals surface area contributed by atoms with E-state index < -0.39 is 12.1 Å². The molecule has 3 aliphatic rings. The maximum atomic E-state index is 10.7. The third-order valence-electron chi connectivity index (χ3n) is 7.71. The van der Waals surface area contributed by atoms with Crippen molar-refractivity contribution in [3.05, 3.63) is 49.9 Å². The zero-order chi connectivity index (χ0) is 24.0. The van der Waals surface area contributed by atoms with Gasteiger partial charge in [0.05, 0.1) is 11.8 Å². The molecular formula is C25H35IN4O3. The van der Waals surface area contributed by atoms with Crippen LogP contribution in [0.25, 0.3) is 10.4 Å². The lowest BCUT2D eigenvalue weighted by Gasteiger charge is -2.63. The molecule has 5 atom stereocenters. The van der Waals surface area contributed by atoms with E-state index in [-0.39, 0.29) is 6.42 Å². The molecule has 0 saturated heterocycles. The van der Waals surface area contributed by atoms with Crippen LogP contribution in [0.1, 0.15) is 57.9 Å². The van der Waals surface area contributed by atoms with Crippen LogP contribution in [0.2, 0.25) is 0 Å². The number of aliphatic carboxylic acids is 1. The van der Waals surface area contributed by atoms with Crippen molar-refractivity contribution < 1.29 is 15.0 Å². The van der Waals surface area contributed by atoms with Gasteiger partial charge in [0.2, 0.25) is 0 Å². The molecule has 0 aliphatic heterocycles. The van der Waals surface area contributed by atoms with Crippen LogP contribution in [0.3, 0.4) is 0 Å². The molecule has 1 aromatic rings. The molecule has 0 aromatic heterocycles. The van der Waals surface area contributed by atoms with Crippen LogP contribution in [0.4, 0.5) is 5.69 Å². The summed E-state index contributed by atoms with van der Waals surface area (Å²) in [6.07, 6.45) is 9.60. The minimum absolute atomic E-state index is 0.223. The number of aliphatic hydroxyl groups excluding tert-OH is 1. The standard InChI is InChI=1S/C25H35IN4O3/c1-25(2)17-13-20(25)19(7-5-3-4-6-8-24(32)33)23(14-17)28-15-18(31)11-16-9-10-22(29-30-27)21(26)12-16/h3,5,9-10,12,17-20,23,28,31H,4,6-8,11,13-15H2,1-2H3,(H,32,33)/b5-3+. The van der Waals surface area contributed by atoms with Gasteiger partial charge < -0.3 is 15.5 Å². The highest BCUT2D eigenvalue weighted by molar-refractivity contribution is 14.1. The lowest BCUT2D eigenvalue weighted by molar-refractivity contribution is -0.137. The molecule has 180 valence electrons. The summed E-state index contributed by atoms with van der Waals surface area (Å²) in [5.74, 6) is 1.23. The average molecular weight is 566 g/mol. The fraction of sp³-hybridized carbons (Fsp3) is 0.640. The topological polar surface area (TPSA) is 118 Å². The highest BCUT2D eigenvalue weighted by atomic mass is 127. The Morgan fingerprint density at radius 3 is 2.85 bits per heavy atom. The highest BCUT2D eigenvalue weighted by Gasteiger charge is 2.56. The number of halogens is 1. The van der Waals surface area contributed by atoms with Crippen molar-refractivity contribution in [3.63, 3.8) is 0 Å². The van der Waals surface area contributed by atoms with Crippen LogP contribution in [-0.4, -0.2) is 34.9 Å². The van der Waals surface area contributed by atoms with Crippen molar-refractivity contribution in [2.24, 2.45) is 28.3 Å². The van der Waals surface area contributed by atoms with Gasteiger partial charge in [-0.3, -0.25) is 4.79 Å². The number of aliphatic hydroxyl groups is 1. The van der Waals surface area contributed by atoms with Gasteiger partial charge in [0.15, 0.2) is 0 Å². The molecule has 3 N–H and O–H groups in total. The fourth-order valence-corrected chi connectivity index (χ4v) is 6.38. The predicted octanol–water partition coefficient (Wildman–Crippen LogP) is 5.98. The van der Waals surface area contributed by atoms with E-state index in [0.29, 0.717) is 48.4 Å². The van der Waals surface area contributed by atoms with Crippen LogP contribution in [-0.2, 0) is 11.2 Å². The van der Waals surface area contributed by atoms with Crippen LogP contribution in [0, 0.1) is 26.7 Å². The zero-order valence-corrected chi connectivity index (χ0v) is 21.6. The molecule has 7 nitrogen and oxygen atoms in total. The third-order valence-corrected chi connectivity index (χ3v) is 8.57. The second-order valence-electron chi connectivity index (χ2n) is 10.1. The molecular weight excluding hydrogens is 531 g/mol. The van der Waals surface area contributed by atoms with Gasteiger partial charge in [-0.25, -0.2) is 0 Å². The number of nitrogens with one attached hydrogen (secondary N) is 1. The van der Waals surface area contributed by atoms with E-state index in [1.807, 2.05) is 12.1 Å². The summed E-state index contributed by atoms with van der Waals surface area (Å²) in [6.45, 7) is 5.34. The number of hydrogen-bond acceptors (Lipinski definition) is 4. The van der Waals surface area contributed by atoms with E-state index in [1.165, 1.54) is 6.42 Å². The van der Waals surface area contributed by atoms with Gasteiger partial charge in [0.1, 0.15) is 0 Å². The number of carbonyl (C=O) groups is 1. The molecule has 2 bridgehead atoms. The van der Waals surface area contributed by atoms with Gasteiger partial charge in [0.25, 0.3) is 0 Å². The number of carboxylic acid groups (broad SMARTS) is 1. The average Bonchev–Trinajstić information content (AvgIpc) is 2.76. The molecule has 0 spiro atoms. The number of unbranched alkanes of at least 4 members (excludes halogenated alkanes) is 1. The van der Waals surface area contributed by atoms with E-state index >= 15 is 0 Å². The number of benzene rings is 1. The normalized spacial score (nSPS) is 26.4. The second kappa shape index (κ2) is 11.7. The maximum absolute atomic E-state index is 10.7. The summed E-state index contributed by atoms with van der Waals surface area (Å²) < 4.78 is 0.882. The van der Waals surface area contributed by atoms with Crippen molar-refractivity contribution >= 4 is 34.2 Å². The molecule has 0 radical (unpaired) electrons. The Labute approximate surface area is 209 Å². The van der Waals surface area contributed by atoms with Gasteiger partial charge in [-0.05, 0) is 101 Å². The van der Waals surface area contributed by atoms with Crippen molar-refractivity contribution in [1.29, 1.82) is 0 Å². The molecule has 3 aliphatic carbocycles. The molecule has 8 heteroatoms. The molecule has 5 unspecified atom stereocenters. The Balaban J connectivity index is 1.53. The monoisotopic (exact) mass is 566 g/mol. The lowest BCUT2D eigenvalue weighted by Crippen LogP contribution is -2.61. The first-order valence-corrected chi connectivity index (χ1v) is 12.9. The first-order chi connectivity index (χ1) is 15.7.